The lowest BCUT2D eigenvalue weighted by molar-refractivity contribution is 0.884. The van der Waals surface area contributed by atoms with Crippen molar-refractivity contribution in [3.05, 3.63) is 64.2 Å². The summed E-state index contributed by atoms with van der Waals surface area (Å²) in [4.78, 5) is 0. The van der Waals surface area contributed by atoms with Gasteiger partial charge in [-0.1, -0.05) is 51.8 Å². The highest BCUT2D eigenvalue weighted by Crippen LogP contribution is 2.31. The molecule has 3 aromatic rings. The van der Waals surface area contributed by atoms with Crippen LogP contribution in [0.2, 0.25) is 5.02 Å². The molecule has 0 aliphatic heterocycles. The van der Waals surface area contributed by atoms with E-state index in [0.717, 1.165) is 15.7 Å². The molecule has 0 saturated carbocycles. The Balaban J connectivity index is 2.10. The Bertz CT molecular complexity index is 767. The van der Waals surface area contributed by atoms with Crippen molar-refractivity contribution in [1.82, 2.24) is 9.78 Å². The van der Waals surface area contributed by atoms with E-state index < -0.39 is 0 Å². The van der Waals surface area contributed by atoms with Crippen LogP contribution < -0.4 is 5.73 Å². The number of aromatic nitrogens is 2. The van der Waals surface area contributed by atoms with E-state index in [0.29, 0.717) is 16.4 Å². The fourth-order valence-electron chi connectivity index (χ4n) is 2.00. The summed E-state index contributed by atoms with van der Waals surface area (Å²) in [5.41, 5.74) is 9.12. The van der Waals surface area contributed by atoms with Gasteiger partial charge in [0.15, 0.2) is 0 Å². The van der Waals surface area contributed by atoms with Gasteiger partial charge in [-0.25, -0.2) is 4.68 Å². The van der Waals surface area contributed by atoms with Gasteiger partial charge in [-0.2, -0.15) is 5.10 Å². The Morgan fingerprint density at radius 2 is 1.90 bits per heavy atom. The summed E-state index contributed by atoms with van der Waals surface area (Å²) >= 11 is 9.65. The van der Waals surface area contributed by atoms with Gasteiger partial charge in [0, 0.05) is 10.0 Å². The summed E-state index contributed by atoms with van der Waals surface area (Å²) in [6.07, 6.45) is 1.79. The van der Waals surface area contributed by atoms with Gasteiger partial charge in [0.25, 0.3) is 0 Å². The Hall–Kier alpha value is -1.78. The lowest BCUT2D eigenvalue weighted by Crippen LogP contribution is -1.94. The van der Waals surface area contributed by atoms with Crippen LogP contribution in [0.3, 0.4) is 0 Å². The van der Waals surface area contributed by atoms with E-state index in [2.05, 4.69) is 21.0 Å². The Labute approximate surface area is 130 Å². The topological polar surface area (TPSA) is 43.8 Å². The van der Waals surface area contributed by atoms with Crippen LogP contribution >= 0.6 is 27.5 Å². The summed E-state index contributed by atoms with van der Waals surface area (Å²) in [6.45, 7) is 0. The molecule has 3 rings (SSSR count). The number of nitrogens with zero attached hydrogens (tertiary/aromatic N) is 2. The number of halogens is 2. The molecule has 0 aliphatic rings. The zero-order chi connectivity index (χ0) is 14.1. The zero-order valence-electron chi connectivity index (χ0n) is 10.4. The largest absolute Gasteiger partial charge is 0.396 e. The molecule has 100 valence electrons. The third-order valence-electron chi connectivity index (χ3n) is 2.94. The average Bonchev–Trinajstić information content (AvgIpc) is 2.81. The molecule has 1 aromatic heterocycles. The van der Waals surface area contributed by atoms with Crippen LogP contribution in [0, 0.1) is 0 Å². The highest BCUT2D eigenvalue weighted by molar-refractivity contribution is 9.10. The molecule has 2 N–H and O–H groups in total. The third-order valence-corrected chi connectivity index (χ3v) is 3.77. The van der Waals surface area contributed by atoms with Crippen molar-refractivity contribution in [2.45, 2.75) is 0 Å². The minimum absolute atomic E-state index is 0.595. The fraction of sp³-hybridized carbons (Fsp3) is 0. The molecule has 5 heteroatoms. The van der Waals surface area contributed by atoms with E-state index in [1.54, 1.807) is 10.9 Å². The van der Waals surface area contributed by atoms with Crippen LogP contribution in [0.5, 0.6) is 0 Å². The van der Waals surface area contributed by atoms with Gasteiger partial charge in [-0.15, -0.1) is 0 Å². The summed E-state index contributed by atoms with van der Waals surface area (Å²) in [5, 5.41) is 5.18. The second kappa shape index (κ2) is 5.31. The van der Waals surface area contributed by atoms with E-state index in [1.165, 1.54) is 0 Å². The molecule has 0 radical (unpaired) electrons. The van der Waals surface area contributed by atoms with Crippen LogP contribution in [0.1, 0.15) is 0 Å². The summed E-state index contributed by atoms with van der Waals surface area (Å²) in [5.74, 6) is 0. The maximum Gasteiger partial charge on any atom is 0.117 e. The second-order valence-corrected chi connectivity index (χ2v) is 5.66. The first kappa shape index (κ1) is 13.2. The van der Waals surface area contributed by atoms with Gasteiger partial charge in [0.2, 0.25) is 0 Å². The van der Waals surface area contributed by atoms with Crippen molar-refractivity contribution in [2.75, 3.05) is 5.73 Å². The molecule has 3 nitrogen and oxygen atoms in total. The maximum atomic E-state index is 6.20. The van der Waals surface area contributed by atoms with Crippen molar-refractivity contribution in [3.63, 3.8) is 0 Å². The number of nitrogens with two attached hydrogens (primary N) is 1. The predicted molar refractivity (Wildman–Crippen MR) is 86.1 cm³/mol. The maximum absolute atomic E-state index is 6.20. The van der Waals surface area contributed by atoms with E-state index in [9.17, 15) is 0 Å². The number of benzene rings is 2. The molecule has 0 saturated heterocycles. The average molecular weight is 349 g/mol. The van der Waals surface area contributed by atoms with E-state index in [4.69, 9.17) is 17.3 Å². The van der Waals surface area contributed by atoms with Gasteiger partial charge >= 0.3 is 0 Å². The van der Waals surface area contributed by atoms with Crippen LogP contribution in [0.25, 0.3) is 16.9 Å². The quantitative estimate of drug-likeness (QED) is 0.739. The number of rotatable bonds is 2. The monoisotopic (exact) mass is 347 g/mol. The van der Waals surface area contributed by atoms with Crippen molar-refractivity contribution in [3.8, 4) is 16.9 Å². The molecule has 0 spiro atoms. The highest BCUT2D eigenvalue weighted by Gasteiger charge is 2.12. The Morgan fingerprint density at radius 1 is 1.10 bits per heavy atom. The minimum atomic E-state index is 0.595. The van der Waals surface area contributed by atoms with Crippen LogP contribution in [-0.2, 0) is 0 Å². The molecule has 0 aliphatic carbocycles. The first-order valence-corrected chi connectivity index (χ1v) is 7.18. The van der Waals surface area contributed by atoms with Crippen LogP contribution in [0.15, 0.2) is 59.2 Å². The summed E-state index contributed by atoms with van der Waals surface area (Å²) in [7, 11) is 0. The second-order valence-electron chi connectivity index (χ2n) is 4.34. The van der Waals surface area contributed by atoms with Crippen molar-refractivity contribution < 1.29 is 0 Å². The van der Waals surface area contributed by atoms with Crippen LogP contribution in [0.4, 0.5) is 5.69 Å². The third kappa shape index (κ3) is 2.44. The molecular formula is C15H11BrClN3. The van der Waals surface area contributed by atoms with Crippen LogP contribution in [-0.4, -0.2) is 9.78 Å². The van der Waals surface area contributed by atoms with Gasteiger partial charge in [-0.3, -0.25) is 0 Å². The van der Waals surface area contributed by atoms with Crippen molar-refractivity contribution >= 4 is 33.2 Å². The molecule has 0 unspecified atom stereocenters. The smallest absolute Gasteiger partial charge is 0.117 e. The number of nitrogen functional groups attached to an aromatic ring is 1. The molecule has 2 aromatic carbocycles. The summed E-state index contributed by atoms with van der Waals surface area (Å²) < 4.78 is 2.74. The fourth-order valence-corrected chi connectivity index (χ4v) is 2.61. The molecule has 0 atom stereocenters. The zero-order valence-corrected chi connectivity index (χ0v) is 12.8. The lowest BCUT2D eigenvalue weighted by Gasteiger charge is -2.02. The molecule has 0 fully saturated rings. The van der Waals surface area contributed by atoms with Gasteiger partial charge in [0.1, 0.15) is 5.69 Å². The Morgan fingerprint density at radius 3 is 2.65 bits per heavy atom. The normalized spacial score (nSPS) is 10.7. The Kier molecular flexibility index (Phi) is 3.51. The number of hydrogen-bond donors (Lipinski definition) is 1. The lowest BCUT2D eigenvalue weighted by atomic mass is 10.1. The molecule has 0 amide bonds. The molecule has 0 bridgehead atoms. The molecular weight excluding hydrogens is 338 g/mol. The predicted octanol–water partition coefficient (Wildman–Crippen LogP) is 4.54. The van der Waals surface area contributed by atoms with Gasteiger partial charge in [0.05, 0.1) is 22.6 Å². The standard InChI is InChI=1S/C15H11BrClN3/c16-10-4-3-5-11(8-10)20-9-14(18)15(19-20)12-6-1-2-7-13(12)17/h1-9H,18H2. The van der Waals surface area contributed by atoms with E-state index in [-0.39, 0.29) is 0 Å². The first-order valence-electron chi connectivity index (χ1n) is 6.01. The van der Waals surface area contributed by atoms with Crippen molar-refractivity contribution in [2.24, 2.45) is 0 Å². The SMILES string of the molecule is Nc1cn(-c2cccc(Br)c2)nc1-c1ccccc1Cl. The minimum Gasteiger partial charge on any atom is -0.396 e. The van der Waals surface area contributed by atoms with E-state index >= 15 is 0 Å². The van der Waals surface area contributed by atoms with Gasteiger partial charge in [-0.05, 0) is 24.3 Å². The molecule has 1 heterocycles. The summed E-state index contributed by atoms with van der Waals surface area (Å²) in [6, 6.07) is 15.4. The number of anilines is 1. The van der Waals surface area contributed by atoms with E-state index in [1.807, 2.05) is 48.5 Å². The first-order chi connectivity index (χ1) is 9.65. The van der Waals surface area contributed by atoms with Crippen molar-refractivity contribution in [1.29, 1.82) is 0 Å². The van der Waals surface area contributed by atoms with Gasteiger partial charge < -0.3 is 5.73 Å². The number of hydrogen-bond acceptors (Lipinski definition) is 2. The molecule has 20 heavy (non-hydrogen) atoms. The highest BCUT2D eigenvalue weighted by atomic mass is 79.9.